The van der Waals surface area contributed by atoms with Gasteiger partial charge in [-0.3, -0.25) is 0 Å². The first-order chi connectivity index (χ1) is 9.46. The number of hydrogen-bond acceptors (Lipinski definition) is 1. The molecule has 2 heteroatoms. The molecule has 0 radical (unpaired) electrons. The van der Waals surface area contributed by atoms with Gasteiger partial charge in [0.25, 0.3) is 0 Å². The van der Waals surface area contributed by atoms with Gasteiger partial charge in [0.1, 0.15) is 0 Å². The molecule has 2 unspecified atom stereocenters. The van der Waals surface area contributed by atoms with E-state index >= 15 is 0 Å². The highest BCUT2D eigenvalue weighted by Gasteiger charge is 2.26. The van der Waals surface area contributed by atoms with E-state index in [1.54, 1.807) is 0 Å². The summed E-state index contributed by atoms with van der Waals surface area (Å²) in [7, 11) is 0. The Balaban J connectivity index is 2.12. The summed E-state index contributed by atoms with van der Waals surface area (Å²) in [5.74, 6) is 1.39. The summed E-state index contributed by atoms with van der Waals surface area (Å²) in [5.41, 5.74) is 1.63. The first-order valence-corrected chi connectivity index (χ1v) is 8.34. The van der Waals surface area contributed by atoms with Crippen LogP contribution in [0.3, 0.4) is 0 Å². The van der Waals surface area contributed by atoms with Crippen LogP contribution in [-0.4, -0.2) is 12.1 Å². The Morgan fingerprint density at radius 3 is 2.60 bits per heavy atom. The molecular formula is C18H28ClN. The lowest BCUT2D eigenvalue weighted by Gasteiger charge is -2.30. The van der Waals surface area contributed by atoms with Crippen molar-refractivity contribution in [1.29, 1.82) is 0 Å². The van der Waals surface area contributed by atoms with Crippen LogP contribution < -0.4 is 5.32 Å². The average molecular weight is 294 g/mol. The maximum Gasteiger partial charge on any atom is 0.0408 e. The van der Waals surface area contributed by atoms with Crippen LogP contribution in [0.4, 0.5) is 0 Å². The van der Waals surface area contributed by atoms with Gasteiger partial charge in [0.15, 0.2) is 0 Å². The van der Waals surface area contributed by atoms with E-state index in [1.807, 2.05) is 6.07 Å². The highest BCUT2D eigenvalue weighted by atomic mass is 35.5. The van der Waals surface area contributed by atoms with Gasteiger partial charge in [-0.05, 0) is 69.7 Å². The van der Waals surface area contributed by atoms with E-state index in [2.05, 4.69) is 44.3 Å². The third kappa shape index (κ3) is 4.79. The molecule has 1 aromatic carbocycles. The smallest absolute Gasteiger partial charge is 0.0408 e. The van der Waals surface area contributed by atoms with Gasteiger partial charge in [-0.25, -0.2) is 0 Å². The standard InChI is InChI=1S/C18H28ClN/c1-18(2,3)20-13-15-8-5-4-6-11-17(15)14-9-7-10-16(19)12-14/h7,9-10,12,15,17,20H,4-6,8,11,13H2,1-3H3. The van der Waals surface area contributed by atoms with Gasteiger partial charge in [-0.1, -0.05) is 43.0 Å². The molecule has 1 saturated carbocycles. The predicted octanol–water partition coefficient (Wildman–Crippen LogP) is 5.39. The zero-order valence-corrected chi connectivity index (χ0v) is 13.8. The Labute approximate surface area is 129 Å². The molecule has 0 aliphatic heterocycles. The van der Waals surface area contributed by atoms with E-state index in [4.69, 9.17) is 11.6 Å². The predicted molar refractivity (Wildman–Crippen MR) is 88.5 cm³/mol. The number of nitrogens with one attached hydrogen (secondary N) is 1. The van der Waals surface area contributed by atoms with Crippen LogP contribution in [0.15, 0.2) is 24.3 Å². The highest BCUT2D eigenvalue weighted by molar-refractivity contribution is 6.30. The van der Waals surface area contributed by atoms with Crippen molar-refractivity contribution >= 4 is 11.6 Å². The molecule has 1 aliphatic rings. The Morgan fingerprint density at radius 1 is 1.15 bits per heavy atom. The van der Waals surface area contributed by atoms with Crippen LogP contribution in [0.5, 0.6) is 0 Å². The number of benzene rings is 1. The fourth-order valence-corrected chi connectivity index (χ4v) is 3.44. The van der Waals surface area contributed by atoms with Crippen molar-refractivity contribution in [3.05, 3.63) is 34.9 Å². The first-order valence-electron chi connectivity index (χ1n) is 7.96. The molecule has 112 valence electrons. The Kier molecular flexibility index (Phi) is 5.51. The van der Waals surface area contributed by atoms with Crippen LogP contribution in [0.2, 0.25) is 5.02 Å². The van der Waals surface area contributed by atoms with Crippen molar-refractivity contribution in [2.75, 3.05) is 6.54 Å². The number of rotatable bonds is 3. The van der Waals surface area contributed by atoms with Gasteiger partial charge in [0.2, 0.25) is 0 Å². The van der Waals surface area contributed by atoms with Gasteiger partial charge in [-0.2, -0.15) is 0 Å². The molecule has 0 saturated heterocycles. The van der Waals surface area contributed by atoms with Crippen LogP contribution in [-0.2, 0) is 0 Å². The van der Waals surface area contributed by atoms with Crippen molar-refractivity contribution in [3.63, 3.8) is 0 Å². The maximum atomic E-state index is 6.19. The molecule has 0 bridgehead atoms. The SMILES string of the molecule is CC(C)(C)NCC1CCCCCC1c1cccc(Cl)c1. The van der Waals surface area contributed by atoms with E-state index in [9.17, 15) is 0 Å². The average Bonchev–Trinajstić information content (AvgIpc) is 2.60. The number of hydrogen-bond donors (Lipinski definition) is 1. The molecule has 2 atom stereocenters. The second kappa shape index (κ2) is 6.95. The monoisotopic (exact) mass is 293 g/mol. The van der Waals surface area contributed by atoms with E-state index in [0.717, 1.165) is 17.5 Å². The van der Waals surface area contributed by atoms with Crippen LogP contribution in [0, 0.1) is 5.92 Å². The zero-order valence-electron chi connectivity index (χ0n) is 13.1. The Bertz CT molecular complexity index is 422. The summed E-state index contributed by atoms with van der Waals surface area (Å²) in [6.07, 6.45) is 6.73. The second-order valence-corrected chi connectivity index (χ2v) is 7.63. The minimum atomic E-state index is 0.200. The van der Waals surface area contributed by atoms with Crippen molar-refractivity contribution in [3.8, 4) is 0 Å². The van der Waals surface area contributed by atoms with E-state index < -0.39 is 0 Å². The fourth-order valence-electron chi connectivity index (χ4n) is 3.24. The van der Waals surface area contributed by atoms with Crippen LogP contribution in [0.1, 0.15) is 64.4 Å². The second-order valence-electron chi connectivity index (χ2n) is 7.19. The van der Waals surface area contributed by atoms with Crippen molar-refractivity contribution in [1.82, 2.24) is 5.32 Å². The molecular weight excluding hydrogens is 266 g/mol. The molecule has 0 spiro atoms. The largest absolute Gasteiger partial charge is 0.312 e. The van der Waals surface area contributed by atoms with E-state index in [1.165, 1.54) is 37.7 Å². The minimum absolute atomic E-state index is 0.200. The summed E-state index contributed by atoms with van der Waals surface area (Å²) in [5, 5.41) is 4.57. The van der Waals surface area contributed by atoms with Crippen LogP contribution in [0.25, 0.3) is 0 Å². The third-order valence-corrected chi connectivity index (χ3v) is 4.57. The molecule has 1 nitrogen and oxygen atoms in total. The van der Waals surface area contributed by atoms with E-state index in [-0.39, 0.29) is 5.54 Å². The molecule has 1 N–H and O–H groups in total. The normalized spacial score (nSPS) is 24.4. The van der Waals surface area contributed by atoms with Gasteiger partial charge in [-0.15, -0.1) is 0 Å². The lowest BCUT2D eigenvalue weighted by molar-refractivity contribution is 0.322. The highest BCUT2D eigenvalue weighted by Crippen LogP contribution is 2.37. The van der Waals surface area contributed by atoms with Crippen molar-refractivity contribution < 1.29 is 0 Å². The molecule has 0 amide bonds. The summed E-state index contributed by atoms with van der Waals surface area (Å²) in [6.45, 7) is 7.86. The third-order valence-electron chi connectivity index (χ3n) is 4.33. The lowest BCUT2D eigenvalue weighted by Crippen LogP contribution is -2.40. The Hall–Kier alpha value is -0.530. The maximum absolute atomic E-state index is 6.19. The molecule has 1 aromatic rings. The summed E-state index contributed by atoms with van der Waals surface area (Å²) in [6, 6.07) is 8.49. The molecule has 2 rings (SSSR count). The van der Waals surface area contributed by atoms with E-state index in [0.29, 0.717) is 5.92 Å². The molecule has 0 heterocycles. The summed E-state index contributed by atoms with van der Waals surface area (Å²) < 4.78 is 0. The van der Waals surface area contributed by atoms with Crippen molar-refractivity contribution in [2.24, 2.45) is 5.92 Å². The molecule has 20 heavy (non-hydrogen) atoms. The number of halogens is 1. The van der Waals surface area contributed by atoms with Crippen LogP contribution >= 0.6 is 11.6 Å². The van der Waals surface area contributed by atoms with Gasteiger partial charge in [0.05, 0.1) is 0 Å². The lowest BCUT2D eigenvalue weighted by atomic mass is 9.82. The summed E-state index contributed by atoms with van der Waals surface area (Å²) >= 11 is 6.19. The first kappa shape index (κ1) is 15.9. The molecule has 1 aliphatic carbocycles. The molecule has 1 fully saturated rings. The van der Waals surface area contributed by atoms with Gasteiger partial charge < -0.3 is 5.32 Å². The summed E-state index contributed by atoms with van der Waals surface area (Å²) in [4.78, 5) is 0. The van der Waals surface area contributed by atoms with Crippen molar-refractivity contribution in [2.45, 2.75) is 64.3 Å². The topological polar surface area (TPSA) is 12.0 Å². The van der Waals surface area contributed by atoms with Gasteiger partial charge in [0, 0.05) is 10.6 Å². The Morgan fingerprint density at radius 2 is 1.90 bits per heavy atom. The minimum Gasteiger partial charge on any atom is -0.312 e. The van der Waals surface area contributed by atoms with Gasteiger partial charge >= 0.3 is 0 Å². The fraction of sp³-hybridized carbons (Fsp3) is 0.667. The molecule has 0 aromatic heterocycles. The quantitative estimate of drug-likeness (QED) is 0.737. The zero-order chi connectivity index (χ0) is 14.6.